The van der Waals surface area contributed by atoms with E-state index in [2.05, 4.69) is 20.5 Å². The summed E-state index contributed by atoms with van der Waals surface area (Å²) in [5.74, 6) is 2.15. The van der Waals surface area contributed by atoms with Crippen LogP contribution in [0.1, 0.15) is 35.7 Å². The predicted octanol–water partition coefficient (Wildman–Crippen LogP) is 3.84. The van der Waals surface area contributed by atoms with Gasteiger partial charge in [0.1, 0.15) is 5.82 Å². The summed E-state index contributed by atoms with van der Waals surface area (Å²) in [4.78, 5) is 16.9. The molecule has 0 radical (unpaired) electrons. The van der Waals surface area contributed by atoms with Gasteiger partial charge in [-0.05, 0) is 37.5 Å². The minimum absolute atomic E-state index is 0.0311. The Hall–Kier alpha value is -2.95. The number of hydrogen-bond acceptors (Lipinski definition) is 3. The molecule has 126 valence electrons. The van der Waals surface area contributed by atoms with Crippen molar-refractivity contribution in [1.82, 2.24) is 15.2 Å². The van der Waals surface area contributed by atoms with Crippen LogP contribution in [0.3, 0.4) is 0 Å². The first-order chi connectivity index (χ1) is 12.2. The number of nitrogens with zero attached hydrogens (tertiary/aromatic N) is 2. The van der Waals surface area contributed by atoms with E-state index in [-0.39, 0.29) is 5.91 Å². The molecule has 1 aliphatic rings. The Morgan fingerprint density at radius 3 is 2.84 bits per heavy atom. The van der Waals surface area contributed by atoms with Crippen LogP contribution in [0, 0.1) is 6.92 Å². The zero-order chi connectivity index (χ0) is 17.2. The number of rotatable bonds is 5. The van der Waals surface area contributed by atoms with E-state index in [0.717, 1.165) is 28.2 Å². The summed E-state index contributed by atoms with van der Waals surface area (Å²) in [7, 11) is 0. The van der Waals surface area contributed by atoms with Crippen molar-refractivity contribution < 1.29 is 4.79 Å². The van der Waals surface area contributed by atoms with Crippen LogP contribution in [-0.2, 0) is 11.2 Å². The normalized spacial score (nSPS) is 13.6. The van der Waals surface area contributed by atoms with E-state index in [9.17, 15) is 4.79 Å². The van der Waals surface area contributed by atoms with Crippen LogP contribution in [0.2, 0.25) is 0 Å². The van der Waals surface area contributed by atoms with Gasteiger partial charge in [0, 0.05) is 17.2 Å². The van der Waals surface area contributed by atoms with Gasteiger partial charge < -0.3 is 5.32 Å². The molecule has 0 aliphatic heterocycles. The number of carbonyl (C=O) groups excluding carboxylic acids is 1. The maximum atomic E-state index is 12.3. The fourth-order valence-corrected chi connectivity index (χ4v) is 2.89. The van der Waals surface area contributed by atoms with Crippen LogP contribution in [0.5, 0.6) is 0 Å². The van der Waals surface area contributed by atoms with Gasteiger partial charge in [-0.1, -0.05) is 42.0 Å². The second-order valence-corrected chi connectivity index (χ2v) is 6.61. The standard InChI is InChI=1S/C20H20N4O/c1-13-4-2-5-14(10-13)11-18(25)21-17-7-3-6-16(12-17)20-22-19(23-24-20)15-8-9-15/h2-7,10,12,15H,8-9,11H2,1H3,(H,21,25)(H,22,23,24). The lowest BCUT2D eigenvalue weighted by Crippen LogP contribution is -2.14. The first-order valence-electron chi connectivity index (χ1n) is 8.55. The van der Waals surface area contributed by atoms with Crippen LogP contribution < -0.4 is 5.32 Å². The summed E-state index contributed by atoms with van der Waals surface area (Å²) in [6, 6.07) is 15.6. The molecule has 0 atom stereocenters. The molecule has 0 spiro atoms. The molecule has 2 aromatic carbocycles. The van der Waals surface area contributed by atoms with Gasteiger partial charge in [0.15, 0.2) is 5.82 Å². The largest absolute Gasteiger partial charge is 0.326 e. The minimum Gasteiger partial charge on any atom is -0.326 e. The monoisotopic (exact) mass is 332 g/mol. The Kier molecular flexibility index (Phi) is 4.06. The van der Waals surface area contributed by atoms with E-state index in [1.807, 2.05) is 55.5 Å². The van der Waals surface area contributed by atoms with Crippen LogP contribution >= 0.6 is 0 Å². The topological polar surface area (TPSA) is 70.7 Å². The maximum absolute atomic E-state index is 12.3. The zero-order valence-corrected chi connectivity index (χ0v) is 14.1. The minimum atomic E-state index is -0.0311. The van der Waals surface area contributed by atoms with E-state index >= 15 is 0 Å². The van der Waals surface area contributed by atoms with Crippen molar-refractivity contribution in [3.63, 3.8) is 0 Å². The van der Waals surface area contributed by atoms with E-state index in [0.29, 0.717) is 18.2 Å². The molecule has 2 N–H and O–H groups in total. The third kappa shape index (κ3) is 3.76. The Balaban J connectivity index is 1.46. The fraction of sp³-hybridized carbons (Fsp3) is 0.250. The third-order valence-electron chi connectivity index (χ3n) is 4.32. The predicted molar refractivity (Wildman–Crippen MR) is 97.3 cm³/mol. The summed E-state index contributed by atoms with van der Waals surface area (Å²) < 4.78 is 0. The molecule has 0 saturated heterocycles. The summed E-state index contributed by atoms with van der Waals surface area (Å²) in [6.45, 7) is 2.03. The molecule has 1 saturated carbocycles. The highest BCUT2D eigenvalue weighted by Gasteiger charge is 2.27. The van der Waals surface area contributed by atoms with Crippen molar-refractivity contribution >= 4 is 11.6 Å². The quantitative estimate of drug-likeness (QED) is 0.746. The highest BCUT2D eigenvalue weighted by Crippen LogP contribution is 2.38. The van der Waals surface area contributed by atoms with Gasteiger partial charge in [-0.25, -0.2) is 4.98 Å². The van der Waals surface area contributed by atoms with Crippen molar-refractivity contribution in [2.24, 2.45) is 0 Å². The van der Waals surface area contributed by atoms with E-state index < -0.39 is 0 Å². The van der Waals surface area contributed by atoms with Crippen molar-refractivity contribution in [3.8, 4) is 11.4 Å². The molecule has 1 heterocycles. The van der Waals surface area contributed by atoms with E-state index in [1.54, 1.807) is 0 Å². The number of aromatic nitrogens is 3. The molecule has 1 amide bonds. The Morgan fingerprint density at radius 1 is 1.20 bits per heavy atom. The second-order valence-electron chi connectivity index (χ2n) is 6.61. The first kappa shape index (κ1) is 15.6. The number of aromatic amines is 1. The Morgan fingerprint density at radius 2 is 2.04 bits per heavy atom. The molecule has 0 unspecified atom stereocenters. The molecule has 1 aromatic heterocycles. The van der Waals surface area contributed by atoms with E-state index in [1.165, 1.54) is 12.8 Å². The molecular weight excluding hydrogens is 312 g/mol. The number of hydrogen-bond donors (Lipinski definition) is 2. The number of benzene rings is 2. The van der Waals surface area contributed by atoms with Crippen LogP contribution in [0.4, 0.5) is 5.69 Å². The lowest BCUT2D eigenvalue weighted by molar-refractivity contribution is -0.115. The van der Waals surface area contributed by atoms with Crippen molar-refractivity contribution in [3.05, 3.63) is 65.5 Å². The van der Waals surface area contributed by atoms with Gasteiger partial charge in [-0.3, -0.25) is 9.89 Å². The van der Waals surface area contributed by atoms with Crippen LogP contribution in [0.15, 0.2) is 48.5 Å². The molecule has 0 bridgehead atoms. The summed E-state index contributed by atoms with van der Waals surface area (Å²) in [5.41, 5.74) is 3.82. The van der Waals surface area contributed by atoms with Crippen LogP contribution in [0.25, 0.3) is 11.4 Å². The molecule has 4 rings (SSSR count). The Labute approximate surface area is 146 Å². The smallest absolute Gasteiger partial charge is 0.228 e. The molecular formula is C20H20N4O. The number of H-pyrrole nitrogens is 1. The average molecular weight is 332 g/mol. The summed E-state index contributed by atoms with van der Waals surface area (Å²) in [6.07, 6.45) is 2.73. The number of nitrogens with one attached hydrogen (secondary N) is 2. The van der Waals surface area contributed by atoms with Gasteiger partial charge in [0.05, 0.1) is 6.42 Å². The number of anilines is 1. The molecule has 1 aliphatic carbocycles. The molecule has 25 heavy (non-hydrogen) atoms. The fourth-order valence-electron chi connectivity index (χ4n) is 2.89. The lowest BCUT2D eigenvalue weighted by atomic mass is 10.1. The number of carbonyl (C=O) groups is 1. The van der Waals surface area contributed by atoms with Gasteiger partial charge in [-0.2, -0.15) is 5.10 Å². The number of aryl methyl sites for hydroxylation is 1. The zero-order valence-electron chi connectivity index (χ0n) is 14.1. The SMILES string of the molecule is Cc1cccc(CC(=O)Nc2cccc(-c3n[nH]c(C4CC4)n3)c2)c1. The molecule has 5 heteroatoms. The van der Waals surface area contributed by atoms with Crippen LogP contribution in [-0.4, -0.2) is 21.1 Å². The van der Waals surface area contributed by atoms with Gasteiger partial charge in [-0.15, -0.1) is 0 Å². The van der Waals surface area contributed by atoms with E-state index in [4.69, 9.17) is 0 Å². The highest BCUT2D eigenvalue weighted by molar-refractivity contribution is 5.92. The van der Waals surface area contributed by atoms with Crippen molar-refractivity contribution in [1.29, 1.82) is 0 Å². The lowest BCUT2D eigenvalue weighted by Gasteiger charge is -2.07. The summed E-state index contributed by atoms with van der Waals surface area (Å²) >= 11 is 0. The van der Waals surface area contributed by atoms with Crippen molar-refractivity contribution in [2.45, 2.75) is 32.1 Å². The maximum Gasteiger partial charge on any atom is 0.228 e. The van der Waals surface area contributed by atoms with Gasteiger partial charge in [0.25, 0.3) is 0 Å². The van der Waals surface area contributed by atoms with Gasteiger partial charge in [0.2, 0.25) is 5.91 Å². The van der Waals surface area contributed by atoms with Gasteiger partial charge >= 0.3 is 0 Å². The second kappa shape index (κ2) is 6.51. The molecule has 5 nitrogen and oxygen atoms in total. The average Bonchev–Trinajstić information content (AvgIpc) is 3.32. The Bertz CT molecular complexity index is 911. The third-order valence-corrected chi connectivity index (χ3v) is 4.32. The molecule has 3 aromatic rings. The number of amides is 1. The summed E-state index contributed by atoms with van der Waals surface area (Å²) in [5, 5.41) is 10.3. The first-order valence-corrected chi connectivity index (χ1v) is 8.55. The molecule has 1 fully saturated rings. The highest BCUT2D eigenvalue weighted by atomic mass is 16.1. The van der Waals surface area contributed by atoms with Crippen molar-refractivity contribution in [2.75, 3.05) is 5.32 Å².